The lowest BCUT2D eigenvalue weighted by Crippen LogP contribution is -1.93. The Morgan fingerprint density at radius 3 is 2.23 bits per heavy atom. The molecule has 3 aromatic rings. The molecule has 1 heterocycles. The van der Waals surface area contributed by atoms with E-state index in [9.17, 15) is 0 Å². The predicted octanol–water partition coefficient (Wildman–Crippen LogP) is 4.97. The van der Waals surface area contributed by atoms with E-state index in [1.54, 1.807) is 11.3 Å². The fraction of sp³-hybridized carbons (Fsp3) is 0.0526. The zero-order chi connectivity index (χ0) is 15.0. The topological polar surface area (TPSA) is 18.5 Å². The molecule has 3 rings (SSSR count). The molecule has 0 N–H and O–H groups in total. The van der Waals surface area contributed by atoms with Gasteiger partial charge in [-0.25, -0.2) is 0 Å². The van der Waals surface area contributed by atoms with Gasteiger partial charge in [-0.3, -0.25) is 0 Å². The molecule has 0 radical (unpaired) electrons. The Bertz CT molecular complexity index is 751. The summed E-state index contributed by atoms with van der Waals surface area (Å²) in [5.41, 5.74) is 0. The van der Waals surface area contributed by atoms with Gasteiger partial charge in [-0.1, -0.05) is 36.1 Å². The summed E-state index contributed by atoms with van der Waals surface area (Å²) in [4.78, 5) is 1.05. The van der Waals surface area contributed by atoms with Crippen LogP contribution in [0.3, 0.4) is 0 Å². The Balaban J connectivity index is 1.53. The molecule has 22 heavy (non-hydrogen) atoms. The van der Waals surface area contributed by atoms with Crippen LogP contribution in [0.15, 0.2) is 72.1 Å². The second kappa shape index (κ2) is 7.35. The average Bonchev–Trinajstić information content (AvgIpc) is 3.07. The summed E-state index contributed by atoms with van der Waals surface area (Å²) < 4.78 is 11.3. The van der Waals surface area contributed by atoms with Gasteiger partial charge < -0.3 is 9.47 Å². The largest absolute Gasteiger partial charge is 0.481 e. The van der Waals surface area contributed by atoms with Crippen molar-refractivity contribution in [3.8, 4) is 29.1 Å². The first kappa shape index (κ1) is 14.2. The molecule has 0 unspecified atom stereocenters. The highest BCUT2D eigenvalue weighted by Crippen LogP contribution is 2.23. The van der Waals surface area contributed by atoms with Gasteiger partial charge in [0.25, 0.3) is 0 Å². The smallest absolute Gasteiger partial charge is 0.149 e. The van der Waals surface area contributed by atoms with Crippen LogP contribution in [0.5, 0.6) is 17.2 Å². The third-order valence-electron chi connectivity index (χ3n) is 2.85. The Hall–Kier alpha value is -2.70. The lowest BCUT2D eigenvalue weighted by atomic mass is 10.3. The van der Waals surface area contributed by atoms with Crippen molar-refractivity contribution >= 4 is 11.3 Å². The molecule has 108 valence electrons. The van der Waals surface area contributed by atoms with Gasteiger partial charge in [-0.15, -0.1) is 11.3 Å². The quantitative estimate of drug-likeness (QED) is 0.634. The first-order valence-corrected chi connectivity index (χ1v) is 7.76. The molecule has 0 aliphatic heterocycles. The van der Waals surface area contributed by atoms with Gasteiger partial charge in [0.2, 0.25) is 0 Å². The van der Waals surface area contributed by atoms with Crippen LogP contribution in [-0.2, 0) is 0 Å². The van der Waals surface area contributed by atoms with Crippen molar-refractivity contribution in [2.45, 2.75) is 0 Å². The van der Waals surface area contributed by atoms with Crippen LogP contribution in [0.25, 0.3) is 0 Å². The molecule has 0 aliphatic carbocycles. The lowest BCUT2D eigenvalue weighted by Gasteiger charge is -2.06. The van der Waals surface area contributed by atoms with Crippen LogP contribution < -0.4 is 9.47 Å². The number of hydrogen-bond acceptors (Lipinski definition) is 3. The molecule has 2 nitrogen and oxygen atoms in total. The van der Waals surface area contributed by atoms with Crippen LogP contribution in [0.4, 0.5) is 0 Å². The fourth-order valence-electron chi connectivity index (χ4n) is 1.82. The Labute approximate surface area is 134 Å². The molecule has 1 aromatic heterocycles. The van der Waals surface area contributed by atoms with E-state index in [0.29, 0.717) is 6.61 Å². The zero-order valence-electron chi connectivity index (χ0n) is 11.9. The highest BCUT2D eigenvalue weighted by atomic mass is 32.1. The lowest BCUT2D eigenvalue weighted by molar-refractivity contribution is 0.369. The van der Waals surface area contributed by atoms with E-state index in [1.807, 2.05) is 72.1 Å². The number of hydrogen-bond donors (Lipinski definition) is 0. The van der Waals surface area contributed by atoms with Crippen molar-refractivity contribution < 1.29 is 9.47 Å². The maximum Gasteiger partial charge on any atom is 0.149 e. The summed E-state index contributed by atoms with van der Waals surface area (Å²) in [5, 5.41) is 2.01. The van der Waals surface area contributed by atoms with Gasteiger partial charge in [-0.05, 0) is 47.8 Å². The van der Waals surface area contributed by atoms with E-state index in [1.165, 1.54) is 0 Å². The number of thiophene rings is 1. The SMILES string of the molecule is C(#Cc1cccs1)COc1ccc(Oc2ccccc2)cc1. The normalized spacial score (nSPS) is 9.64. The number of ether oxygens (including phenoxy) is 2. The second-order valence-corrected chi connectivity index (χ2v) is 5.40. The number of benzene rings is 2. The monoisotopic (exact) mass is 306 g/mol. The van der Waals surface area contributed by atoms with Gasteiger partial charge in [0.15, 0.2) is 0 Å². The molecule has 3 heteroatoms. The van der Waals surface area contributed by atoms with Crippen molar-refractivity contribution in [3.05, 3.63) is 77.0 Å². The Kier molecular flexibility index (Phi) is 4.76. The summed E-state index contributed by atoms with van der Waals surface area (Å²) in [6.07, 6.45) is 0. The molecule has 0 amide bonds. The molecule has 0 spiro atoms. The maximum absolute atomic E-state index is 5.73. The Morgan fingerprint density at radius 2 is 1.50 bits per heavy atom. The third-order valence-corrected chi connectivity index (χ3v) is 3.63. The molecular weight excluding hydrogens is 292 g/mol. The Morgan fingerprint density at radius 1 is 0.773 bits per heavy atom. The van der Waals surface area contributed by atoms with Crippen molar-refractivity contribution in [1.29, 1.82) is 0 Å². The molecule has 0 fully saturated rings. The summed E-state index contributed by atoms with van der Waals surface area (Å²) in [5.74, 6) is 8.43. The summed E-state index contributed by atoms with van der Waals surface area (Å²) in [6, 6.07) is 21.2. The minimum Gasteiger partial charge on any atom is -0.481 e. The number of para-hydroxylation sites is 1. The molecule has 0 atom stereocenters. The molecule has 2 aromatic carbocycles. The minimum absolute atomic E-state index is 0.372. The van der Waals surface area contributed by atoms with Crippen LogP contribution in [0.2, 0.25) is 0 Å². The van der Waals surface area contributed by atoms with Crippen molar-refractivity contribution in [1.82, 2.24) is 0 Å². The highest BCUT2D eigenvalue weighted by Gasteiger charge is 1.97. The molecule has 0 bridgehead atoms. The van der Waals surface area contributed by atoms with Gasteiger partial charge >= 0.3 is 0 Å². The third kappa shape index (κ3) is 4.15. The van der Waals surface area contributed by atoms with E-state index in [4.69, 9.17) is 9.47 Å². The zero-order valence-corrected chi connectivity index (χ0v) is 12.7. The van der Waals surface area contributed by atoms with Crippen molar-refractivity contribution in [2.75, 3.05) is 6.61 Å². The van der Waals surface area contributed by atoms with Gasteiger partial charge in [0.05, 0.1) is 4.88 Å². The van der Waals surface area contributed by atoms with E-state index in [0.717, 1.165) is 22.1 Å². The predicted molar refractivity (Wildman–Crippen MR) is 89.7 cm³/mol. The standard InChI is InChI=1S/C19H14O2S/c1-2-6-17(7-3-1)21-18-12-10-16(11-13-18)20-14-4-8-19-9-5-15-22-19/h1-3,5-7,9-13,15H,14H2. The van der Waals surface area contributed by atoms with Crippen LogP contribution in [0.1, 0.15) is 4.88 Å². The minimum atomic E-state index is 0.372. The second-order valence-electron chi connectivity index (χ2n) is 4.45. The van der Waals surface area contributed by atoms with Crippen LogP contribution in [-0.4, -0.2) is 6.61 Å². The first-order chi connectivity index (χ1) is 10.9. The van der Waals surface area contributed by atoms with E-state index in [-0.39, 0.29) is 0 Å². The average molecular weight is 306 g/mol. The molecule has 0 aliphatic rings. The summed E-state index contributed by atoms with van der Waals surface area (Å²) in [7, 11) is 0. The maximum atomic E-state index is 5.73. The number of rotatable bonds is 4. The van der Waals surface area contributed by atoms with E-state index in [2.05, 4.69) is 11.8 Å². The van der Waals surface area contributed by atoms with Crippen LogP contribution >= 0.6 is 11.3 Å². The van der Waals surface area contributed by atoms with E-state index < -0.39 is 0 Å². The van der Waals surface area contributed by atoms with Gasteiger partial charge in [0.1, 0.15) is 23.9 Å². The molecule has 0 saturated carbocycles. The first-order valence-electron chi connectivity index (χ1n) is 6.88. The molecular formula is C19H14O2S. The fourth-order valence-corrected chi connectivity index (χ4v) is 2.41. The highest BCUT2D eigenvalue weighted by molar-refractivity contribution is 7.10. The van der Waals surface area contributed by atoms with Gasteiger partial charge in [-0.2, -0.15) is 0 Å². The summed E-state index contributed by atoms with van der Waals surface area (Å²) >= 11 is 1.63. The van der Waals surface area contributed by atoms with Crippen molar-refractivity contribution in [2.24, 2.45) is 0 Å². The van der Waals surface area contributed by atoms with Crippen LogP contribution in [0, 0.1) is 11.8 Å². The van der Waals surface area contributed by atoms with Gasteiger partial charge in [0, 0.05) is 0 Å². The molecule has 0 saturated heterocycles. The summed E-state index contributed by atoms with van der Waals surface area (Å²) in [6.45, 7) is 0.372. The van der Waals surface area contributed by atoms with Crippen molar-refractivity contribution in [3.63, 3.8) is 0 Å². The van der Waals surface area contributed by atoms with E-state index >= 15 is 0 Å².